The third-order valence-corrected chi connectivity index (χ3v) is 23.2. The largest absolute Gasteiger partial charge is 1.00 e. The van der Waals surface area contributed by atoms with E-state index in [1.165, 1.54) is 22.3 Å². The topological polar surface area (TPSA) is 0 Å². The maximum Gasteiger partial charge on any atom is 0.0307 e. The van der Waals surface area contributed by atoms with Crippen molar-refractivity contribution in [2.45, 2.75) is 53.9 Å². The molecule has 0 fully saturated rings. The van der Waals surface area contributed by atoms with E-state index in [2.05, 4.69) is 127 Å². The van der Waals surface area contributed by atoms with Crippen LogP contribution in [-0.2, 0) is 22.9 Å². The van der Waals surface area contributed by atoms with Gasteiger partial charge in [0.15, 0.2) is 0 Å². The van der Waals surface area contributed by atoms with Crippen molar-refractivity contribution in [2.75, 3.05) is 0 Å². The predicted molar refractivity (Wildman–Crippen MR) is 150 cm³/mol. The van der Waals surface area contributed by atoms with Crippen LogP contribution < -0.4 is 24.8 Å². The van der Waals surface area contributed by atoms with E-state index in [-0.39, 0.29) is 24.8 Å². The molecule has 0 saturated heterocycles. The smallest absolute Gasteiger partial charge is 0.0307 e. The molecule has 186 valence electrons. The van der Waals surface area contributed by atoms with Gasteiger partial charge in [-0.15, -0.1) is 0 Å². The Hall–Kier alpha value is -0.716. The van der Waals surface area contributed by atoms with E-state index in [1.54, 1.807) is 17.8 Å². The van der Waals surface area contributed by atoms with Crippen LogP contribution in [0.4, 0.5) is 0 Å². The number of halogens is 2. The van der Waals surface area contributed by atoms with Crippen molar-refractivity contribution >= 4 is 27.8 Å². The van der Waals surface area contributed by atoms with E-state index in [4.69, 9.17) is 0 Å². The predicted octanol–water partition coefficient (Wildman–Crippen LogP) is 2.13. The fraction of sp³-hybridized carbons (Fsp3) is 0.333. The second-order valence-corrected chi connectivity index (χ2v) is 29.7. The molecule has 2 atom stereocenters. The Balaban J connectivity index is 0.000000686. The minimum atomic E-state index is -1.05. The van der Waals surface area contributed by atoms with Gasteiger partial charge < -0.3 is 24.8 Å². The molecule has 0 saturated carbocycles. The molecule has 0 spiro atoms. The minimum absolute atomic E-state index is 0. The molecule has 2 aromatic carbocycles. The van der Waals surface area contributed by atoms with Crippen LogP contribution in [0, 0.1) is 11.8 Å². The van der Waals surface area contributed by atoms with E-state index in [9.17, 15) is 0 Å². The van der Waals surface area contributed by atoms with Crippen molar-refractivity contribution < 1.29 is 47.7 Å². The molecule has 35 heavy (non-hydrogen) atoms. The first-order valence-electron chi connectivity index (χ1n) is 12.4. The molecule has 0 radical (unpaired) electrons. The second kappa shape index (κ2) is 14.3. The van der Waals surface area contributed by atoms with Crippen molar-refractivity contribution in [3.8, 4) is 0 Å². The number of benzene rings is 2. The zero-order valence-corrected chi connectivity index (χ0v) is 30.1. The third kappa shape index (κ3) is 8.40. The number of hydrogen-bond donors (Lipinski definition) is 0. The van der Waals surface area contributed by atoms with Gasteiger partial charge in [0.05, 0.1) is 0 Å². The first kappa shape index (κ1) is 32.3. The fourth-order valence-corrected chi connectivity index (χ4v) is 9.90. The van der Waals surface area contributed by atoms with Crippen molar-refractivity contribution in [3.05, 3.63) is 102 Å². The Labute approximate surface area is 241 Å². The summed E-state index contributed by atoms with van der Waals surface area (Å²) in [5.41, 5.74) is 8.77. The number of allylic oxidation sites excluding steroid dienone is 8. The van der Waals surface area contributed by atoms with Crippen LogP contribution in [0.25, 0.3) is 11.1 Å². The summed E-state index contributed by atoms with van der Waals surface area (Å²) in [5.74, 6) is 1.19. The zero-order chi connectivity index (χ0) is 24.2. The first-order chi connectivity index (χ1) is 15.6. The summed E-state index contributed by atoms with van der Waals surface area (Å²) in [6.45, 7) is 19.2. The molecule has 4 rings (SSSR count). The normalized spacial score (nSPS) is 19.4. The Bertz CT molecular complexity index is 1010. The summed E-state index contributed by atoms with van der Waals surface area (Å²) in [4.78, 5) is 0. The van der Waals surface area contributed by atoms with Crippen molar-refractivity contribution in [2.24, 2.45) is 11.8 Å². The summed E-state index contributed by atoms with van der Waals surface area (Å²) < 4.78 is 3.55. The van der Waals surface area contributed by atoms with Crippen molar-refractivity contribution in [3.63, 3.8) is 0 Å². The number of rotatable bonds is 5. The number of hydrogen-bond acceptors (Lipinski definition) is 0. The standard InChI is InChI=1S/2C13H13.C4H14Si2.2ClH.Hf/c2*1-10-8-11(2)13(9-10)12-6-4-3-5-7-12;1-5-6(2,3)4;;;/h2*3-7,9-10H,1-2H3;5H2,1-4H3;2*1H;/q;;;;;+2/p-2. The van der Waals surface area contributed by atoms with Gasteiger partial charge in [0.1, 0.15) is 0 Å². The molecular formula is C30H40Cl2HfSi2. The first-order valence-corrected chi connectivity index (χ1v) is 23.2. The van der Waals surface area contributed by atoms with Crippen LogP contribution in [0.2, 0.25) is 26.2 Å². The van der Waals surface area contributed by atoms with Gasteiger partial charge in [-0.25, -0.2) is 0 Å². The molecule has 0 aromatic heterocycles. The van der Waals surface area contributed by atoms with E-state index in [1.807, 2.05) is 0 Å². The molecule has 2 unspecified atom stereocenters. The van der Waals surface area contributed by atoms with Gasteiger partial charge in [-0.3, -0.25) is 0 Å². The maximum atomic E-state index is 2.49. The molecule has 5 heteroatoms. The van der Waals surface area contributed by atoms with Gasteiger partial charge in [-0.05, 0) is 0 Å². The molecule has 0 N–H and O–H groups in total. The molecule has 0 nitrogen and oxygen atoms in total. The Morgan fingerprint density at radius 1 is 0.657 bits per heavy atom. The van der Waals surface area contributed by atoms with Gasteiger partial charge in [0, 0.05) is 16.6 Å². The van der Waals surface area contributed by atoms with Gasteiger partial charge in [-0.1, -0.05) is 26.2 Å². The van der Waals surface area contributed by atoms with E-state index < -0.39 is 30.5 Å². The molecule has 2 aromatic rings. The fourth-order valence-electron chi connectivity index (χ4n) is 4.31. The Morgan fingerprint density at radius 3 is 1.26 bits per heavy atom. The quantitative estimate of drug-likeness (QED) is 0.419. The monoisotopic (exact) mass is 706 g/mol. The Morgan fingerprint density at radius 2 is 0.971 bits per heavy atom. The van der Waals surface area contributed by atoms with Crippen LogP contribution in [-0.4, -0.2) is 16.6 Å². The van der Waals surface area contributed by atoms with Crippen molar-refractivity contribution in [1.29, 1.82) is 0 Å². The van der Waals surface area contributed by atoms with Gasteiger partial charge in [-0.2, -0.15) is 0 Å². The second-order valence-electron chi connectivity index (χ2n) is 10.6. The third-order valence-electron chi connectivity index (χ3n) is 6.86. The van der Waals surface area contributed by atoms with Crippen molar-refractivity contribution in [1.82, 2.24) is 0 Å². The maximum absolute atomic E-state index is 2.49. The summed E-state index contributed by atoms with van der Waals surface area (Å²) in [6, 6.07) is 21.8. The van der Waals surface area contributed by atoms with Crippen LogP contribution in [0.15, 0.2) is 90.6 Å². The van der Waals surface area contributed by atoms with Crippen LogP contribution in [0.5, 0.6) is 0 Å². The molecule has 0 amide bonds. The van der Waals surface area contributed by atoms with E-state index >= 15 is 0 Å². The average Bonchev–Trinajstić information content (AvgIpc) is 3.25. The zero-order valence-electron chi connectivity index (χ0n) is 22.5. The van der Waals surface area contributed by atoms with Crippen LogP contribution in [0.3, 0.4) is 0 Å². The molecule has 0 aliphatic heterocycles. The molecule has 0 heterocycles. The van der Waals surface area contributed by atoms with Crippen LogP contribution >= 0.6 is 0 Å². The summed E-state index contributed by atoms with van der Waals surface area (Å²) in [5, 5.41) is 0. The average molecular weight is 706 g/mol. The molecule has 2 aliphatic rings. The van der Waals surface area contributed by atoms with E-state index in [0.717, 1.165) is 0 Å². The molecule has 2 aliphatic carbocycles. The summed E-state index contributed by atoms with van der Waals surface area (Å²) in [6.07, 6.45) is 4.99. The molecule has 0 bridgehead atoms. The minimum Gasteiger partial charge on any atom is -1.00 e. The van der Waals surface area contributed by atoms with Gasteiger partial charge >= 0.3 is 175 Å². The van der Waals surface area contributed by atoms with Gasteiger partial charge in [0.25, 0.3) is 0 Å². The van der Waals surface area contributed by atoms with E-state index in [0.29, 0.717) is 20.9 Å². The SMILES string of the molecule is CC1=[C]([Hf+2][C]2=C(C)C(c3ccccc3)=CC2C)C(C)C=C1c1ccccc1.C[SiH2][Si](C)(C)C.[Cl-].[Cl-]. The van der Waals surface area contributed by atoms with Crippen LogP contribution in [0.1, 0.15) is 38.8 Å². The van der Waals surface area contributed by atoms with Gasteiger partial charge in [0.2, 0.25) is 0 Å². The summed E-state index contributed by atoms with van der Waals surface area (Å²) in [7, 11) is -0.101. The molecular weight excluding hydrogens is 666 g/mol. The Kier molecular flexibility index (Phi) is 13.2. The summed E-state index contributed by atoms with van der Waals surface area (Å²) >= 11 is -1.05.